The SMILES string of the molecule is CCOCCCNC(=NCc1nncn1C)NN. The van der Waals surface area contributed by atoms with Gasteiger partial charge in [-0.1, -0.05) is 0 Å². The average molecular weight is 255 g/mol. The number of rotatable bonds is 7. The van der Waals surface area contributed by atoms with Gasteiger partial charge in [-0.05, 0) is 13.3 Å². The van der Waals surface area contributed by atoms with Gasteiger partial charge in [0, 0.05) is 26.8 Å². The summed E-state index contributed by atoms with van der Waals surface area (Å²) in [5.41, 5.74) is 2.52. The lowest BCUT2D eigenvalue weighted by molar-refractivity contribution is 0.145. The van der Waals surface area contributed by atoms with Crippen LogP contribution in [0.15, 0.2) is 11.3 Å². The van der Waals surface area contributed by atoms with E-state index in [0.717, 1.165) is 32.0 Å². The van der Waals surface area contributed by atoms with Crippen molar-refractivity contribution in [1.29, 1.82) is 0 Å². The van der Waals surface area contributed by atoms with Crippen molar-refractivity contribution in [2.45, 2.75) is 19.9 Å². The van der Waals surface area contributed by atoms with Crippen LogP contribution < -0.4 is 16.6 Å². The lowest BCUT2D eigenvalue weighted by Crippen LogP contribution is -2.42. The van der Waals surface area contributed by atoms with E-state index in [1.165, 1.54) is 0 Å². The summed E-state index contributed by atoms with van der Waals surface area (Å²) in [4.78, 5) is 4.27. The zero-order valence-electron chi connectivity index (χ0n) is 10.9. The first-order valence-electron chi connectivity index (χ1n) is 5.93. The van der Waals surface area contributed by atoms with Gasteiger partial charge in [-0.25, -0.2) is 10.8 Å². The zero-order valence-corrected chi connectivity index (χ0v) is 10.9. The van der Waals surface area contributed by atoms with Gasteiger partial charge >= 0.3 is 0 Å². The predicted octanol–water partition coefficient (Wildman–Crippen LogP) is -0.849. The predicted molar refractivity (Wildman–Crippen MR) is 68.6 cm³/mol. The van der Waals surface area contributed by atoms with Crippen molar-refractivity contribution in [3.63, 3.8) is 0 Å². The number of hydrogen-bond donors (Lipinski definition) is 3. The van der Waals surface area contributed by atoms with Gasteiger partial charge < -0.3 is 14.6 Å². The largest absolute Gasteiger partial charge is 0.382 e. The first-order valence-corrected chi connectivity index (χ1v) is 5.93. The summed E-state index contributed by atoms with van der Waals surface area (Å²) in [5, 5.41) is 10.8. The van der Waals surface area contributed by atoms with E-state index in [1.807, 2.05) is 18.5 Å². The fourth-order valence-electron chi connectivity index (χ4n) is 1.28. The molecule has 0 radical (unpaired) electrons. The standard InChI is InChI=1S/C10H21N7O/c1-3-18-6-4-5-12-10(15-11)13-7-9-16-14-8-17(9)2/h8H,3-7,11H2,1-2H3,(H2,12,13,15). The van der Waals surface area contributed by atoms with Gasteiger partial charge in [0.25, 0.3) is 0 Å². The topological polar surface area (TPSA) is 102 Å². The lowest BCUT2D eigenvalue weighted by atomic mass is 10.4. The molecule has 18 heavy (non-hydrogen) atoms. The number of nitrogens with one attached hydrogen (secondary N) is 2. The Kier molecular flexibility index (Phi) is 6.74. The molecule has 0 saturated carbocycles. The Hall–Kier alpha value is -1.67. The molecular weight excluding hydrogens is 234 g/mol. The molecule has 0 amide bonds. The molecule has 0 unspecified atom stereocenters. The van der Waals surface area contributed by atoms with Crippen LogP contribution in [0.25, 0.3) is 0 Å². The molecule has 8 nitrogen and oxygen atoms in total. The third kappa shape index (κ3) is 5.11. The summed E-state index contributed by atoms with van der Waals surface area (Å²) in [7, 11) is 1.87. The molecule has 1 aromatic rings. The molecule has 0 aliphatic carbocycles. The summed E-state index contributed by atoms with van der Waals surface area (Å²) < 4.78 is 7.04. The Labute approximate surface area is 107 Å². The summed E-state index contributed by atoms with van der Waals surface area (Å²) in [6, 6.07) is 0. The van der Waals surface area contributed by atoms with Gasteiger partial charge in [0.15, 0.2) is 5.82 Å². The van der Waals surface area contributed by atoms with Crippen LogP contribution in [0.3, 0.4) is 0 Å². The maximum Gasteiger partial charge on any atom is 0.206 e. The summed E-state index contributed by atoms with van der Waals surface area (Å²) in [6.07, 6.45) is 2.54. The number of guanidine groups is 1. The zero-order chi connectivity index (χ0) is 13.2. The number of hydrogen-bond acceptors (Lipinski definition) is 5. The second-order valence-electron chi connectivity index (χ2n) is 3.64. The quantitative estimate of drug-likeness (QED) is 0.193. The van der Waals surface area contributed by atoms with Crippen molar-refractivity contribution < 1.29 is 4.74 Å². The van der Waals surface area contributed by atoms with Gasteiger partial charge in [-0.2, -0.15) is 0 Å². The minimum Gasteiger partial charge on any atom is -0.382 e. The maximum atomic E-state index is 5.37. The fourth-order valence-corrected chi connectivity index (χ4v) is 1.28. The van der Waals surface area contributed by atoms with Crippen LogP contribution in [-0.4, -0.2) is 40.5 Å². The molecule has 0 bridgehead atoms. The van der Waals surface area contributed by atoms with Crippen LogP contribution in [0, 0.1) is 0 Å². The second kappa shape index (κ2) is 8.43. The Morgan fingerprint density at radius 1 is 1.61 bits per heavy atom. The van der Waals surface area contributed by atoms with Crippen molar-refractivity contribution in [3.8, 4) is 0 Å². The Morgan fingerprint density at radius 2 is 2.44 bits per heavy atom. The normalized spacial score (nSPS) is 11.6. The highest BCUT2D eigenvalue weighted by Crippen LogP contribution is 1.93. The van der Waals surface area contributed by atoms with Gasteiger partial charge in [-0.3, -0.25) is 5.43 Å². The molecule has 0 aliphatic heterocycles. The number of ether oxygens (including phenoxy) is 1. The molecule has 4 N–H and O–H groups in total. The summed E-state index contributed by atoms with van der Waals surface area (Å²) in [6.45, 7) is 4.62. The molecule has 0 fully saturated rings. The highest BCUT2D eigenvalue weighted by atomic mass is 16.5. The van der Waals surface area contributed by atoms with Crippen LogP contribution >= 0.6 is 0 Å². The number of aromatic nitrogens is 3. The number of aliphatic imine (C=N–C) groups is 1. The Morgan fingerprint density at radius 3 is 3.06 bits per heavy atom. The Balaban J connectivity index is 2.29. The van der Waals surface area contributed by atoms with Crippen LogP contribution in [0.5, 0.6) is 0 Å². The summed E-state index contributed by atoms with van der Waals surface area (Å²) in [5.74, 6) is 6.69. The monoisotopic (exact) mass is 255 g/mol. The molecule has 0 spiro atoms. The smallest absolute Gasteiger partial charge is 0.206 e. The van der Waals surface area contributed by atoms with Gasteiger partial charge in [0.05, 0.1) is 0 Å². The third-order valence-electron chi connectivity index (χ3n) is 2.28. The first kappa shape index (κ1) is 14.4. The van der Waals surface area contributed by atoms with E-state index in [2.05, 4.69) is 25.9 Å². The van der Waals surface area contributed by atoms with Crippen LogP contribution in [-0.2, 0) is 18.3 Å². The fraction of sp³-hybridized carbons (Fsp3) is 0.700. The van der Waals surface area contributed by atoms with E-state index in [-0.39, 0.29) is 0 Å². The number of hydrazine groups is 1. The van der Waals surface area contributed by atoms with Crippen LogP contribution in [0.1, 0.15) is 19.2 Å². The van der Waals surface area contributed by atoms with Gasteiger partial charge in [0.1, 0.15) is 12.9 Å². The van der Waals surface area contributed by atoms with E-state index in [0.29, 0.717) is 12.5 Å². The molecule has 1 heterocycles. The molecule has 0 atom stereocenters. The van der Waals surface area contributed by atoms with Crippen molar-refractivity contribution in [1.82, 2.24) is 25.5 Å². The molecule has 1 aromatic heterocycles. The highest BCUT2D eigenvalue weighted by molar-refractivity contribution is 5.79. The van der Waals surface area contributed by atoms with Crippen LogP contribution in [0.2, 0.25) is 0 Å². The molecule has 0 aromatic carbocycles. The number of aryl methyl sites for hydroxylation is 1. The summed E-state index contributed by atoms with van der Waals surface area (Å²) >= 11 is 0. The number of nitrogens with two attached hydrogens (primary N) is 1. The molecule has 0 aliphatic rings. The first-order chi connectivity index (χ1) is 8.77. The van der Waals surface area contributed by atoms with Crippen molar-refractivity contribution in [3.05, 3.63) is 12.2 Å². The molecule has 102 valence electrons. The number of nitrogens with zero attached hydrogens (tertiary/aromatic N) is 4. The van der Waals surface area contributed by atoms with Gasteiger partial charge in [0.2, 0.25) is 5.96 Å². The van der Waals surface area contributed by atoms with Gasteiger partial charge in [-0.15, -0.1) is 10.2 Å². The maximum absolute atomic E-state index is 5.37. The van der Waals surface area contributed by atoms with E-state index < -0.39 is 0 Å². The minimum absolute atomic E-state index is 0.425. The van der Waals surface area contributed by atoms with Crippen molar-refractivity contribution in [2.75, 3.05) is 19.8 Å². The molecule has 8 heteroatoms. The van der Waals surface area contributed by atoms with E-state index >= 15 is 0 Å². The molecule has 1 rings (SSSR count). The third-order valence-corrected chi connectivity index (χ3v) is 2.28. The molecule has 0 saturated heterocycles. The highest BCUT2D eigenvalue weighted by Gasteiger charge is 2.00. The molecular formula is C10H21N7O. The Bertz CT molecular complexity index is 363. The van der Waals surface area contributed by atoms with Crippen molar-refractivity contribution >= 4 is 5.96 Å². The van der Waals surface area contributed by atoms with Crippen LogP contribution in [0.4, 0.5) is 0 Å². The lowest BCUT2D eigenvalue weighted by Gasteiger charge is -2.08. The van der Waals surface area contributed by atoms with E-state index in [1.54, 1.807) is 6.33 Å². The minimum atomic E-state index is 0.425. The van der Waals surface area contributed by atoms with E-state index in [4.69, 9.17) is 10.6 Å². The van der Waals surface area contributed by atoms with E-state index in [9.17, 15) is 0 Å². The average Bonchev–Trinajstić information content (AvgIpc) is 2.78. The van der Waals surface area contributed by atoms with Crippen molar-refractivity contribution in [2.24, 2.45) is 17.9 Å². The second-order valence-corrected chi connectivity index (χ2v) is 3.64.